The van der Waals surface area contributed by atoms with Crippen molar-refractivity contribution >= 4 is 37.5 Å². The Morgan fingerprint density at radius 3 is 2.15 bits per heavy atom. The van der Waals surface area contributed by atoms with Crippen LogP contribution in [0.3, 0.4) is 0 Å². The zero-order valence-electron chi connectivity index (χ0n) is 14.6. The molecule has 0 atom stereocenters. The van der Waals surface area contributed by atoms with Crippen molar-refractivity contribution in [2.24, 2.45) is 0 Å². The second-order valence-corrected chi connectivity index (χ2v) is 7.49. The van der Waals surface area contributed by atoms with E-state index in [-0.39, 0.29) is 0 Å². The fourth-order valence-electron chi connectivity index (χ4n) is 3.59. The van der Waals surface area contributed by atoms with Crippen molar-refractivity contribution in [3.8, 4) is 22.4 Å². The standard InChI is InChI=1S/C25H16BrN/c26-24-13-12-21(22-7-3-4-8-23(22)24)20-11-14-25(27-16-20)19-10-9-17-5-1-2-6-18(17)15-19/h1-16H. The van der Waals surface area contributed by atoms with Gasteiger partial charge in [-0.1, -0.05) is 88.7 Å². The van der Waals surface area contributed by atoms with Crippen molar-refractivity contribution in [3.63, 3.8) is 0 Å². The molecule has 0 bridgehead atoms. The second-order valence-electron chi connectivity index (χ2n) is 6.63. The molecule has 0 spiro atoms. The lowest BCUT2D eigenvalue weighted by Crippen LogP contribution is -1.87. The second kappa shape index (κ2) is 6.64. The van der Waals surface area contributed by atoms with Gasteiger partial charge >= 0.3 is 0 Å². The van der Waals surface area contributed by atoms with Crippen LogP contribution in [0.2, 0.25) is 0 Å². The van der Waals surface area contributed by atoms with Crippen LogP contribution >= 0.6 is 15.9 Å². The van der Waals surface area contributed by atoms with Gasteiger partial charge in [-0.3, -0.25) is 4.98 Å². The third-order valence-electron chi connectivity index (χ3n) is 4.99. The average molecular weight is 410 g/mol. The first-order chi connectivity index (χ1) is 13.3. The Hall–Kier alpha value is -2.97. The minimum Gasteiger partial charge on any atom is -0.256 e. The van der Waals surface area contributed by atoms with Crippen LogP contribution in [0.4, 0.5) is 0 Å². The minimum atomic E-state index is 0.992. The number of benzene rings is 4. The van der Waals surface area contributed by atoms with Gasteiger partial charge in [-0.25, -0.2) is 0 Å². The maximum Gasteiger partial charge on any atom is 0.0702 e. The van der Waals surface area contributed by atoms with Crippen LogP contribution in [-0.2, 0) is 0 Å². The van der Waals surface area contributed by atoms with Crippen LogP contribution in [-0.4, -0.2) is 4.98 Å². The zero-order valence-corrected chi connectivity index (χ0v) is 16.1. The first-order valence-electron chi connectivity index (χ1n) is 8.92. The molecule has 0 fully saturated rings. The Bertz CT molecular complexity index is 1270. The first-order valence-corrected chi connectivity index (χ1v) is 9.72. The van der Waals surface area contributed by atoms with Gasteiger partial charge in [0.2, 0.25) is 0 Å². The average Bonchev–Trinajstić information content (AvgIpc) is 2.74. The number of rotatable bonds is 2. The molecule has 5 aromatic rings. The molecule has 0 saturated carbocycles. The molecule has 27 heavy (non-hydrogen) atoms. The van der Waals surface area contributed by atoms with Crippen LogP contribution in [0.1, 0.15) is 0 Å². The van der Waals surface area contributed by atoms with Crippen molar-refractivity contribution in [2.45, 2.75) is 0 Å². The molecule has 128 valence electrons. The van der Waals surface area contributed by atoms with Gasteiger partial charge in [0.05, 0.1) is 5.69 Å². The quantitative estimate of drug-likeness (QED) is 0.294. The highest BCUT2D eigenvalue weighted by Gasteiger charge is 2.08. The minimum absolute atomic E-state index is 0.992. The Kier molecular flexibility index (Phi) is 3.99. The Labute approximate surface area is 166 Å². The van der Waals surface area contributed by atoms with E-state index in [2.05, 4.69) is 107 Å². The fourth-order valence-corrected chi connectivity index (χ4v) is 4.06. The predicted molar refractivity (Wildman–Crippen MR) is 118 cm³/mol. The number of fused-ring (bicyclic) bond motifs is 2. The lowest BCUT2D eigenvalue weighted by molar-refractivity contribution is 1.33. The highest BCUT2D eigenvalue weighted by atomic mass is 79.9. The number of aromatic nitrogens is 1. The van der Waals surface area contributed by atoms with E-state index >= 15 is 0 Å². The summed E-state index contributed by atoms with van der Waals surface area (Å²) in [6.45, 7) is 0. The van der Waals surface area contributed by atoms with Crippen LogP contribution < -0.4 is 0 Å². The summed E-state index contributed by atoms with van der Waals surface area (Å²) in [6.07, 6.45) is 1.97. The molecular weight excluding hydrogens is 394 g/mol. The molecule has 0 aliphatic rings. The van der Waals surface area contributed by atoms with Crippen molar-refractivity contribution in [1.82, 2.24) is 4.98 Å². The summed E-state index contributed by atoms with van der Waals surface area (Å²) in [7, 11) is 0. The zero-order chi connectivity index (χ0) is 18.2. The third kappa shape index (κ3) is 2.92. The van der Waals surface area contributed by atoms with Crippen molar-refractivity contribution in [1.29, 1.82) is 0 Å². The number of hydrogen-bond donors (Lipinski definition) is 0. The molecule has 0 aliphatic heterocycles. The molecule has 0 radical (unpaired) electrons. The summed E-state index contributed by atoms with van der Waals surface area (Å²) in [4.78, 5) is 4.75. The van der Waals surface area contributed by atoms with Gasteiger partial charge in [0.15, 0.2) is 0 Å². The van der Waals surface area contributed by atoms with Crippen LogP contribution in [0.15, 0.2) is 102 Å². The molecule has 0 amide bonds. The van der Waals surface area contributed by atoms with Gasteiger partial charge in [-0.2, -0.15) is 0 Å². The number of hydrogen-bond acceptors (Lipinski definition) is 1. The van der Waals surface area contributed by atoms with E-state index in [0.29, 0.717) is 0 Å². The molecule has 0 unspecified atom stereocenters. The van der Waals surface area contributed by atoms with Crippen molar-refractivity contribution < 1.29 is 0 Å². The smallest absolute Gasteiger partial charge is 0.0702 e. The Balaban J connectivity index is 1.58. The summed E-state index contributed by atoms with van der Waals surface area (Å²) in [5, 5.41) is 4.93. The van der Waals surface area contributed by atoms with Crippen LogP contribution in [0, 0.1) is 0 Å². The third-order valence-corrected chi connectivity index (χ3v) is 5.68. The van der Waals surface area contributed by atoms with Crippen LogP contribution in [0.5, 0.6) is 0 Å². The molecule has 1 heterocycles. The van der Waals surface area contributed by atoms with E-state index in [1.165, 1.54) is 27.1 Å². The highest BCUT2D eigenvalue weighted by Crippen LogP contribution is 2.33. The number of halogens is 1. The van der Waals surface area contributed by atoms with Gasteiger partial charge in [-0.05, 0) is 45.3 Å². The van der Waals surface area contributed by atoms with Gasteiger partial charge in [0.25, 0.3) is 0 Å². The summed E-state index contributed by atoms with van der Waals surface area (Å²) >= 11 is 3.65. The summed E-state index contributed by atoms with van der Waals surface area (Å²) in [5.74, 6) is 0. The first kappa shape index (κ1) is 16.2. The highest BCUT2D eigenvalue weighted by molar-refractivity contribution is 9.10. The largest absolute Gasteiger partial charge is 0.256 e. The normalized spacial score (nSPS) is 11.1. The summed E-state index contributed by atoms with van der Waals surface area (Å²) in [5.41, 5.74) is 4.46. The van der Waals surface area contributed by atoms with E-state index < -0.39 is 0 Å². The molecule has 2 heteroatoms. The lowest BCUT2D eigenvalue weighted by atomic mass is 9.98. The fraction of sp³-hybridized carbons (Fsp3) is 0. The van der Waals surface area contributed by atoms with Gasteiger partial charge in [-0.15, -0.1) is 0 Å². The van der Waals surface area contributed by atoms with E-state index in [0.717, 1.165) is 21.3 Å². The maximum atomic E-state index is 4.75. The number of pyridine rings is 1. The summed E-state index contributed by atoms with van der Waals surface area (Å²) < 4.78 is 1.11. The van der Waals surface area contributed by atoms with E-state index in [9.17, 15) is 0 Å². The summed E-state index contributed by atoms with van der Waals surface area (Å²) in [6, 6.07) is 31.9. The van der Waals surface area contributed by atoms with E-state index in [4.69, 9.17) is 4.98 Å². The topological polar surface area (TPSA) is 12.9 Å². The predicted octanol–water partition coefficient (Wildman–Crippen LogP) is 7.48. The van der Waals surface area contributed by atoms with E-state index in [1.807, 2.05) is 6.20 Å². The molecule has 1 aromatic heterocycles. The molecule has 0 saturated heterocycles. The monoisotopic (exact) mass is 409 g/mol. The van der Waals surface area contributed by atoms with Crippen molar-refractivity contribution in [3.05, 3.63) is 102 Å². The molecule has 5 rings (SSSR count). The Morgan fingerprint density at radius 1 is 0.593 bits per heavy atom. The molecule has 1 nitrogen and oxygen atoms in total. The van der Waals surface area contributed by atoms with Gasteiger partial charge in [0.1, 0.15) is 0 Å². The SMILES string of the molecule is Brc1ccc(-c2ccc(-c3ccc4ccccc4c3)nc2)c2ccccc12. The number of nitrogens with zero attached hydrogens (tertiary/aromatic N) is 1. The lowest BCUT2D eigenvalue weighted by Gasteiger charge is -2.09. The molecular formula is C25H16BrN. The Morgan fingerprint density at radius 2 is 1.33 bits per heavy atom. The molecule has 4 aromatic carbocycles. The van der Waals surface area contributed by atoms with E-state index in [1.54, 1.807) is 0 Å². The van der Waals surface area contributed by atoms with Crippen molar-refractivity contribution in [2.75, 3.05) is 0 Å². The molecule has 0 N–H and O–H groups in total. The van der Waals surface area contributed by atoms with Gasteiger partial charge in [0, 0.05) is 21.8 Å². The van der Waals surface area contributed by atoms with Crippen LogP contribution in [0.25, 0.3) is 43.9 Å². The maximum absolute atomic E-state index is 4.75. The van der Waals surface area contributed by atoms with Gasteiger partial charge < -0.3 is 0 Å². The molecule has 0 aliphatic carbocycles.